The number of benzene rings is 2. The highest BCUT2D eigenvalue weighted by atomic mass is 16.5. The molecule has 6 heteroatoms. The minimum atomic E-state index is -0.413. The number of aryl methyl sites for hydroxylation is 2. The van der Waals surface area contributed by atoms with Crippen molar-refractivity contribution < 1.29 is 14.3 Å². The van der Waals surface area contributed by atoms with Gasteiger partial charge in [-0.15, -0.1) is 0 Å². The van der Waals surface area contributed by atoms with Crippen molar-refractivity contribution in [2.75, 3.05) is 11.9 Å². The molecule has 2 aromatic carbocycles. The number of anilines is 1. The van der Waals surface area contributed by atoms with Gasteiger partial charge in [-0.2, -0.15) is 5.10 Å². The van der Waals surface area contributed by atoms with E-state index < -0.39 is 5.97 Å². The molecule has 144 valence electrons. The molecule has 0 bridgehead atoms. The Balaban J connectivity index is 1.40. The van der Waals surface area contributed by atoms with Gasteiger partial charge in [-0.3, -0.25) is 9.59 Å². The van der Waals surface area contributed by atoms with Gasteiger partial charge in [-0.05, 0) is 48.2 Å². The van der Waals surface area contributed by atoms with Crippen LogP contribution in [0.2, 0.25) is 0 Å². The molecule has 0 radical (unpaired) electrons. The van der Waals surface area contributed by atoms with E-state index in [9.17, 15) is 9.59 Å². The predicted molar refractivity (Wildman–Crippen MR) is 107 cm³/mol. The van der Waals surface area contributed by atoms with E-state index in [2.05, 4.69) is 17.3 Å². The molecule has 0 aliphatic carbocycles. The third-order valence-electron chi connectivity index (χ3n) is 4.28. The van der Waals surface area contributed by atoms with E-state index in [1.807, 2.05) is 60.8 Å². The number of carbonyl (C=O) groups is 2. The number of para-hydroxylation sites is 1. The number of ether oxygens (including phenoxy) is 1. The Bertz CT molecular complexity index is 918. The fraction of sp³-hybridized carbons (Fsp3) is 0.227. The summed E-state index contributed by atoms with van der Waals surface area (Å²) < 4.78 is 6.82. The fourth-order valence-corrected chi connectivity index (χ4v) is 2.70. The predicted octanol–water partition coefficient (Wildman–Crippen LogP) is 3.55. The van der Waals surface area contributed by atoms with Crippen molar-refractivity contribution >= 4 is 17.6 Å². The van der Waals surface area contributed by atoms with Crippen molar-refractivity contribution in [3.63, 3.8) is 0 Å². The van der Waals surface area contributed by atoms with Crippen molar-refractivity contribution in [1.82, 2.24) is 9.78 Å². The lowest BCUT2D eigenvalue weighted by molar-refractivity contribution is -0.147. The Morgan fingerprint density at radius 3 is 2.50 bits per heavy atom. The number of hydrogen-bond donors (Lipinski definition) is 1. The number of carbonyl (C=O) groups excluding carboxylic acids is 2. The van der Waals surface area contributed by atoms with Gasteiger partial charge in [0.1, 0.15) is 0 Å². The molecule has 6 nitrogen and oxygen atoms in total. The second-order valence-corrected chi connectivity index (χ2v) is 6.39. The molecule has 0 spiro atoms. The zero-order valence-electron chi connectivity index (χ0n) is 15.8. The number of rotatable bonds is 8. The first kappa shape index (κ1) is 19.4. The molecule has 28 heavy (non-hydrogen) atoms. The van der Waals surface area contributed by atoms with Gasteiger partial charge in [0.15, 0.2) is 6.61 Å². The lowest BCUT2D eigenvalue weighted by Gasteiger charge is -2.07. The molecule has 0 aliphatic rings. The molecule has 0 atom stereocenters. The van der Waals surface area contributed by atoms with Crippen molar-refractivity contribution in [2.45, 2.75) is 26.2 Å². The zero-order chi connectivity index (χ0) is 19.8. The van der Waals surface area contributed by atoms with E-state index in [1.165, 1.54) is 5.56 Å². The maximum absolute atomic E-state index is 11.9. The van der Waals surface area contributed by atoms with Crippen LogP contribution >= 0.6 is 0 Å². The monoisotopic (exact) mass is 377 g/mol. The van der Waals surface area contributed by atoms with Crippen LogP contribution in [0.25, 0.3) is 5.69 Å². The van der Waals surface area contributed by atoms with Crippen LogP contribution in [-0.4, -0.2) is 28.3 Å². The van der Waals surface area contributed by atoms with Gasteiger partial charge in [0.2, 0.25) is 0 Å². The second-order valence-electron chi connectivity index (χ2n) is 6.39. The molecule has 1 amide bonds. The zero-order valence-corrected chi connectivity index (χ0v) is 15.8. The normalized spacial score (nSPS) is 10.5. The minimum Gasteiger partial charge on any atom is -0.456 e. The molecule has 3 aromatic rings. The molecule has 1 heterocycles. The molecule has 0 fully saturated rings. The maximum Gasteiger partial charge on any atom is 0.306 e. The smallest absolute Gasteiger partial charge is 0.306 e. The topological polar surface area (TPSA) is 73.2 Å². The third-order valence-corrected chi connectivity index (χ3v) is 4.28. The van der Waals surface area contributed by atoms with Gasteiger partial charge in [-0.25, -0.2) is 4.68 Å². The Morgan fingerprint density at radius 2 is 1.79 bits per heavy atom. The lowest BCUT2D eigenvalue weighted by atomic mass is 10.1. The minimum absolute atomic E-state index is 0.193. The number of esters is 1. The quantitative estimate of drug-likeness (QED) is 0.609. The summed E-state index contributed by atoms with van der Waals surface area (Å²) in [6.07, 6.45) is 5.25. The average molecular weight is 377 g/mol. The summed E-state index contributed by atoms with van der Waals surface area (Å²) >= 11 is 0. The first-order valence-corrected chi connectivity index (χ1v) is 9.27. The van der Waals surface area contributed by atoms with Gasteiger partial charge in [0, 0.05) is 18.3 Å². The van der Waals surface area contributed by atoms with Crippen molar-refractivity contribution in [1.29, 1.82) is 0 Å². The van der Waals surface area contributed by atoms with Gasteiger partial charge in [-0.1, -0.05) is 37.3 Å². The Kier molecular flexibility index (Phi) is 6.57. The van der Waals surface area contributed by atoms with Crippen LogP contribution in [-0.2, 0) is 27.2 Å². The summed E-state index contributed by atoms with van der Waals surface area (Å²) in [5.41, 5.74) is 3.77. The van der Waals surface area contributed by atoms with Crippen LogP contribution in [0, 0.1) is 0 Å². The number of nitrogens with one attached hydrogen (secondary N) is 1. The van der Waals surface area contributed by atoms with E-state index in [0.717, 1.165) is 17.7 Å². The number of amides is 1. The molecule has 1 N–H and O–H groups in total. The SMILES string of the molecule is CCc1ccc(NC(=O)COC(=O)CCc2cnn(-c3ccccc3)c2)cc1. The first-order chi connectivity index (χ1) is 13.6. The number of hydrogen-bond acceptors (Lipinski definition) is 4. The highest BCUT2D eigenvalue weighted by Crippen LogP contribution is 2.11. The first-order valence-electron chi connectivity index (χ1n) is 9.27. The van der Waals surface area contributed by atoms with E-state index in [-0.39, 0.29) is 18.9 Å². The molecule has 1 aromatic heterocycles. The van der Waals surface area contributed by atoms with E-state index in [1.54, 1.807) is 10.9 Å². The van der Waals surface area contributed by atoms with Crippen LogP contribution in [0.1, 0.15) is 24.5 Å². The summed E-state index contributed by atoms with van der Waals surface area (Å²) in [5, 5.41) is 7.01. The average Bonchev–Trinajstić information content (AvgIpc) is 3.21. The maximum atomic E-state index is 11.9. The highest BCUT2D eigenvalue weighted by Gasteiger charge is 2.09. The van der Waals surface area contributed by atoms with Crippen molar-refractivity contribution in [3.8, 4) is 5.69 Å². The molecular formula is C22H23N3O3. The van der Waals surface area contributed by atoms with Crippen LogP contribution in [0.5, 0.6) is 0 Å². The molecule has 3 rings (SSSR count). The van der Waals surface area contributed by atoms with Crippen LogP contribution in [0.15, 0.2) is 67.0 Å². The van der Waals surface area contributed by atoms with Gasteiger partial charge in [0.05, 0.1) is 11.9 Å². The van der Waals surface area contributed by atoms with E-state index in [4.69, 9.17) is 4.74 Å². The third kappa shape index (κ3) is 5.54. The number of nitrogens with zero attached hydrogens (tertiary/aromatic N) is 2. The van der Waals surface area contributed by atoms with Crippen LogP contribution < -0.4 is 5.32 Å². The lowest BCUT2D eigenvalue weighted by Crippen LogP contribution is -2.21. The van der Waals surface area contributed by atoms with Gasteiger partial charge < -0.3 is 10.1 Å². The van der Waals surface area contributed by atoms with Crippen molar-refractivity contribution in [3.05, 3.63) is 78.1 Å². The summed E-state index contributed by atoms with van der Waals surface area (Å²) in [4.78, 5) is 23.8. The van der Waals surface area contributed by atoms with Gasteiger partial charge >= 0.3 is 5.97 Å². The van der Waals surface area contributed by atoms with Crippen LogP contribution in [0.4, 0.5) is 5.69 Å². The standard InChI is InChI=1S/C22H23N3O3/c1-2-17-8-11-19(12-9-17)24-21(26)16-28-22(27)13-10-18-14-23-25(15-18)20-6-4-3-5-7-20/h3-9,11-12,14-15H,2,10,13,16H2,1H3,(H,24,26). The Hall–Kier alpha value is -3.41. The number of aromatic nitrogens is 2. The van der Waals surface area contributed by atoms with Crippen LogP contribution in [0.3, 0.4) is 0 Å². The molecule has 0 unspecified atom stereocenters. The van der Waals surface area contributed by atoms with Crippen molar-refractivity contribution in [2.24, 2.45) is 0 Å². The van der Waals surface area contributed by atoms with Gasteiger partial charge in [0.25, 0.3) is 5.91 Å². The molecule has 0 aliphatic heterocycles. The molecular weight excluding hydrogens is 354 g/mol. The van der Waals surface area contributed by atoms with E-state index in [0.29, 0.717) is 12.1 Å². The summed E-state index contributed by atoms with van der Waals surface area (Å²) in [5.74, 6) is -0.765. The second kappa shape index (κ2) is 9.50. The molecule has 0 saturated carbocycles. The van der Waals surface area contributed by atoms with E-state index >= 15 is 0 Å². The fourth-order valence-electron chi connectivity index (χ4n) is 2.70. The summed E-state index contributed by atoms with van der Waals surface area (Å²) in [7, 11) is 0. The Morgan fingerprint density at radius 1 is 1.04 bits per heavy atom. The summed E-state index contributed by atoms with van der Waals surface area (Å²) in [6, 6.07) is 17.3. The highest BCUT2D eigenvalue weighted by molar-refractivity contribution is 5.92. The largest absolute Gasteiger partial charge is 0.456 e. The Labute approximate surface area is 164 Å². The molecule has 0 saturated heterocycles. The summed E-state index contributed by atoms with van der Waals surface area (Å²) in [6.45, 7) is 1.78.